The Balaban J connectivity index is 2.33. The molecule has 0 saturated carbocycles. The van der Waals surface area contributed by atoms with Gasteiger partial charge in [0, 0.05) is 0 Å². The summed E-state index contributed by atoms with van der Waals surface area (Å²) >= 11 is 2.76. The van der Waals surface area contributed by atoms with E-state index in [2.05, 4.69) is 15.5 Å². The van der Waals surface area contributed by atoms with Crippen molar-refractivity contribution in [2.75, 3.05) is 28.7 Å². The lowest BCUT2D eigenvalue weighted by atomic mass is 10.2. The molecule has 1 N–H and O–H groups in total. The molecule has 0 aliphatic carbocycles. The molecule has 0 unspecified atom stereocenters. The van der Waals surface area contributed by atoms with Gasteiger partial charge in [0.1, 0.15) is 11.8 Å². The van der Waals surface area contributed by atoms with Crippen LogP contribution in [0.1, 0.15) is 19.4 Å². The number of sulfonamides is 1. The summed E-state index contributed by atoms with van der Waals surface area (Å²) in [7, 11) is -2.30. The van der Waals surface area contributed by atoms with E-state index in [1.807, 2.05) is 19.9 Å². The average Bonchev–Trinajstić information content (AvgIpc) is 3.01. The Morgan fingerprint density at radius 2 is 2.11 bits per heavy atom. The third-order valence-electron chi connectivity index (χ3n) is 3.56. The molecule has 0 aliphatic rings. The molecule has 0 aliphatic heterocycles. The molecule has 11 heteroatoms. The number of nitrogens with one attached hydrogen (secondary N) is 1. The predicted octanol–water partition coefficient (Wildman–Crippen LogP) is 2.76. The van der Waals surface area contributed by atoms with Gasteiger partial charge < -0.3 is 4.74 Å². The summed E-state index contributed by atoms with van der Waals surface area (Å²) in [6.45, 7) is 5.34. The number of rotatable bonds is 8. The van der Waals surface area contributed by atoms with E-state index in [4.69, 9.17) is 4.74 Å². The monoisotopic (exact) mass is 430 g/mol. The Labute approximate surface area is 167 Å². The van der Waals surface area contributed by atoms with Crippen LogP contribution in [0.2, 0.25) is 0 Å². The van der Waals surface area contributed by atoms with Crippen molar-refractivity contribution in [3.05, 3.63) is 23.8 Å². The van der Waals surface area contributed by atoms with E-state index in [9.17, 15) is 13.2 Å². The van der Waals surface area contributed by atoms with Gasteiger partial charge in [-0.2, -0.15) is 0 Å². The molecule has 0 bridgehead atoms. The lowest BCUT2D eigenvalue weighted by Crippen LogP contribution is -2.45. The van der Waals surface area contributed by atoms with Gasteiger partial charge in [-0.15, -0.1) is 10.2 Å². The van der Waals surface area contributed by atoms with Gasteiger partial charge in [-0.1, -0.05) is 36.1 Å². The van der Waals surface area contributed by atoms with Crippen LogP contribution in [-0.2, 0) is 14.8 Å². The van der Waals surface area contributed by atoms with Crippen molar-refractivity contribution in [1.29, 1.82) is 0 Å². The van der Waals surface area contributed by atoms with Crippen LogP contribution in [0.3, 0.4) is 0 Å². The molecular weight excluding hydrogens is 408 g/mol. The smallest absolute Gasteiger partial charge is 0.249 e. The van der Waals surface area contributed by atoms with Gasteiger partial charge in [0.15, 0.2) is 4.34 Å². The van der Waals surface area contributed by atoms with Crippen molar-refractivity contribution in [1.82, 2.24) is 10.2 Å². The molecule has 8 nitrogen and oxygen atoms in total. The highest BCUT2D eigenvalue weighted by molar-refractivity contribution is 8.01. The van der Waals surface area contributed by atoms with Crippen LogP contribution in [0, 0.1) is 6.92 Å². The van der Waals surface area contributed by atoms with E-state index in [-0.39, 0.29) is 0 Å². The number of methoxy groups -OCH3 is 1. The molecule has 1 aromatic carbocycles. The number of carbonyl (C=O) groups excluding carboxylic acids is 1. The molecule has 0 radical (unpaired) electrons. The fraction of sp³-hybridized carbons (Fsp3) is 0.438. The minimum Gasteiger partial charge on any atom is -0.495 e. The Kier molecular flexibility index (Phi) is 7.06. The number of nitrogens with zero attached hydrogens (tertiary/aromatic N) is 3. The predicted molar refractivity (Wildman–Crippen MR) is 109 cm³/mol. The Morgan fingerprint density at radius 3 is 2.70 bits per heavy atom. The molecule has 1 heterocycles. The molecule has 1 amide bonds. The maximum absolute atomic E-state index is 12.7. The summed E-state index contributed by atoms with van der Waals surface area (Å²) in [4.78, 5) is 12.7. The number of thioether (sulfide) groups is 1. The first-order valence-corrected chi connectivity index (χ1v) is 11.7. The lowest BCUT2D eigenvalue weighted by molar-refractivity contribution is -0.116. The van der Waals surface area contributed by atoms with E-state index in [1.54, 1.807) is 12.1 Å². The zero-order chi connectivity index (χ0) is 20.2. The van der Waals surface area contributed by atoms with Crippen LogP contribution in [-0.4, -0.2) is 49.7 Å². The molecule has 0 saturated heterocycles. The zero-order valence-electron chi connectivity index (χ0n) is 15.7. The molecule has 27 heavy (non-hydrogen) atoms. The molecule has 1 atom stereocenters. The van der Waals surface area contributed by atoms with E-state index in [0.717, 1.165) is 26.2 Å². The molecular formula is C16H22N4O4S3. The fourth-order valence-corrected chi connectivity index (χ4v) is 5.23. The number of benzene rings is 1. The first-order valence-electron chi connectivity index (χ1n) is 8.08. The van der Waals surface area contributed by atoms with E-state index in [1.165, 1.54) is 37.1 Å². The zero-order valence-corrected chi connectivity index (χ0v) is 18.2. The van der Waals surface area contributed by atoms with Crippen LogP contribution in [0.4, 0.5) is 10.8 Å². The molecule has 0 fully saturated rings. The molecule has 2 aromatic rings. The Bertz CT molecular complexity index is 914. The van der Waals surface area contributed by atoms with Crippen LogP contribution in [0.5, 0.6) is 5.75 Å². The minimum atomic E-state index is -3.75. The van der Waals surface area contributed by atoms with Crippen LogP contribution in [0.25, 0.3) is 0 Å². The van der Waals surface area contributed by atoms with Gasteiger partial charge >= 0.3 is 0 Å². The lowest BCUT2D eigenvalue weighted by Gasteiger charge is -2.29. The van der Waals surface area contributed by atoms with Crippen LogP contribution >= 0.6 is 23.1 Å². The normalized spacial score (nSPS) is 12.5. The third-order valence-corrected chi connectivity index (χ3v) is 6.65. The van der Waals surface area contributed by atoms with Gasteiger partial charge in [0.2, 0.25) is 21.1 Å². The maximum Gasteiger partial charge on any atom is 0.249 e. The quantitative estimate of drug-likeness (QED) is 0.507. The number of amides is 1. The number of ether oxygens (including phenoxy) is 1. The highest BCUT2D eigenvalue weighted by atomic mass is 32.2. The van der Waals surface area contributed by atoms with E-state index >= 15 is 0 Å². The van der Waals surface area contributed by atoms with Gasteiger partial charge in [-0.3, -0.25) is 14.4 Å². The Hall–Kier alpha value is -1.85. The summed E-state index contributed by atoms with van der Waals surface area (Å²) in [6, 6.07) is 4.14. The fourth-order valence-electron chi connectivity index (χ4n) is 2.41. The highest BCUT2D eigenvalue weighted by Gasteiger charge is 2.31. The van der Waals surface area contributed by atoms with Gasteiger partial charge in [-0.05, 0) is 37.3 Å². The number of aryl methyl sites for hydroxylation is 1. The van der Waals surface area contributed by atoms with Crippen LogP contribution in [0.15, 0.2) is 22.5 Å². The molecule has 2 rings (SSSR count). The summed E-state index contributed by atoms with van der Waals surface area (Å²) in [5, 5.41) is 10.9. The number of hydrogen-bond acceptors (Lipinski definition) is 8. The number of hydrogen-bond donors (Lipinski definition) is 1. The number of carbonyl (C=O) groups is 1. The molecule has 1 aromatic heterocycles. The first-order chi connectivity index (χ1) is 12.7. The van der Waals surface area contributed by atoms with Gasteiger partial charge in [0.05, 0.1) is 19.1 Å². The van der Waals surface area contributed by atoms with E-state index < -0.39 is 22.0 Å². The van der Waals surface area contributed by atoms with Crippen molar-refractivity contribution in [2.24, 2.45) is 0 Å². The largest absolute Gasteiger partial charge is 0.495 e. The second-order valence-corrected chi connectivity index (χ2v) is 10.1. The van der Waals surface area contributed by atoms with Crippen molar-refractivity contribution in [2.45, 2.75) is 31.2 Å². The average molecular weight is 431 g/mol. The standard InChI is InChI=1S/C16H22N4O4S3/c1-6-25-16-19-18-15(26-16)17-14(21)11(3)20(27(5,22)23)12-9-10(2)7-8-13(12)24-4/h7-9,11H,6H2,1-5H3,(H,17,18,21)/t11-/m1/s1. The van der Waals surface area contributed by atoms with E-state index in [0.29, 0.717) is 16.6 Å². The first kappa shape index (κ1) is 21.5. The second kappa shape index (κ2) is 8.89. The van der Waals surface area contributed by atoms with Gasteiger partial charge in [-0.25, -0.2) is 8.42 Å². The topological polar surface area (TPSA) is 101 Å². The van der Waals surface area contributed by atoms with Crippen LogP contribution < -0.4 is 14.4 Å². The van der Waals surface area contributed by atoms with Crippen molar-refractivity contribution >= 4 is 49.8 Å². The number of aromatic nitrogens is 2. The molecule has 148 valence electrons. The number of anilines is 2. The van der Waals surface area contributed by atoms with Gasteiger partial charge in [0.25, 0.3) is 0 Å². The SMILES string of the molecule is CCSc1nnc(NC(=O)[C@@H](C)N(c2cc(C)ccc2OC)S(C)(=O)=O)s1. The summed E-state index contributed by atoms with van der Waals surface area (Å²) in [5.41, 5.74) is 1.15. The third kappa shape index (κ3) is 5.33. The summed E-state index contributed by atoms with van der Waals surface area (Å²) < 4.78 is 32.0. The highest BCUT2D eigenvalue weighted by Crippen LogP contribution is 2.33. The minimum absolute atomic E-state index is 0.308. The van der Waals surface area contributed by atoms with Crippen molar-refractivity contribution < 1.29 is 17.9 Å². The Morgan fingerprint density at radius 1 is 1.41 bits per heavy atom. The second-order valence-electron chi connectivity index (χ2n) is 5.71. The van der Waals surface area contributed by atoms with Crippen molar-refractivity contribution in [3.63, 3.8) is 0 Å². The maximum atomic E-state index is 12.7. The van der Waals surface area contributed by atoms with Crippen molar-refractivity contribution in [3.8, 4) is 5.75 Å². The summed E-state index contributed by atoms with van der Waals surface area (Å²) in [5.74, 6) is 0.699. The molecule has 0 spiro atoms. The summed E-state index contributed by atoms with van der Waals surface area (Å²) in [6.07, 6.45) is 1.06.